The Morgan fingerprint density at radius 2 is 2.14 bits per heavy atom. The summed E-state index contributed by atoms with van der Waals surface area (Å²) in [4.78, 5) is 7.27. The number of anilines is 1. The molecule has 3 aliphatic rings. The maximum Gasteiger partial charge on any atom is 0.143 e. The number of hydrogen-bond acceptors (Lipinski definition) is 3. The Hall–Kier alpha value is -1.51. The van der Waals surface area contributed by atoms with Crippen molar-refractivity contribution >= 4 is 11.9 Å². The molecule has 3 unspecified atom stereocenters. The van der Waals surface area contributed by atoms with Crippen LogP contribution in [-0.2, 0) is 5.41 Å². The zero-order chi connectivity index (χ0) is 14.8. The highest BCUT2D eigenvalue weighted by atomic mass is 16.5. The van der Waals surface area contributed by atoms with Crippen molar-refractivity contribution in [3.05, 3.63) is 23.8 Å². The molecule has 4 rings (SSSR count). The molecule has 0 saturated heterocycles. The van der Waals surface area contributed by atoms with Crippen molar-refractivity contribution in [3.8, 4) is 5.75 Å². The summed E-state index contributed by atoms with van der Waals surface area (Å²) >= 11 is 0. The number of benzene rings is 1. The van der Waals surface area contributed by atoms with Gasteiger partial charge in [-0.05, 0) is 30.4 Å². The van der Waals surface area contributed by atoms with E-state index < -0.39 is 0 Å². The van der Waals surface area contributed by atoms with E-state index in [9.17, 15) is 0 Å². The fourth-order valence-electron chi connectivity index (χ4n) is 4.30. The fraction of sp³-hybridized carbons (Fsp3) is 0.611. The Balaban J connectivity index is 1.94. The number of para-hydroxylation sites is 1. The largest absolute Gasteiger partial charge is 0.489 e. The lowest BCUT2D eigenvalue weighted by atomic mass is 9.76. The first-order chi connectivity index (χ1) is 9.93. The van der Waals surface area contributed by atoms with Gasteiger partial charge in [0, 0.05) is 24.2 Å². The predicted octanol–water partition coefficient (Wildman–Crippen LogP) is 3.41. The van der Waals surface area contributed by atoms with E-state index in [1.54, 1.807) is 0 Å². The number of ether oxygens (including phenoxy) is 1. The zero-order valence-corrected chi connectivity index (χ0v) is 13.4. The van der Waals surface area contributed by atoms with Gasteiger partial charge in [-0.3, -0.25) is 4.99 Å². The van der Waals surface area contributed by atoms with Crippen molar-refractivity contribution in [1.29, 1.82) is 0 Å². The van der Waals surface area contributed by atoms with E-state index in [0.29, 0.717) is 12.1 Å². The van der Waals surface area contributed by atoms with E-state index in [1.807, 2.05) is 0 Å². The second-order valence-corrected chi connectivity index (χ2v) is 7.87. The molecule has 3 heteroatoms. The van der Waals surface area contributed by atoms with Gasteiger partial charge in [0.2, 0.25) is 0 Å². The summed E-state index contributed by atoms with van der Waals surface area (Å²) in [5.74, 6) is 1.05. The van der Waals surface area contributed by atoms with Crippen molar-refractivity contribution < 1.29 is 4.74 Å². The molecule has 21 heavy (non-hydrogen) atoms. The Kier molecular flexibility index (Phi) is 2.52. The van der Waals surface area contributed by atoms with Gasteiger partial charge in [-0.1, -0.05) is 32.9 Å². The van der Waals surface area contributed by atoms with Gasteiger partial charge in [0.05, 0.1) is 11.7 Å². The normalized spacial score (nSPS) is 33.4. The lowest BCUT2D eigenvalue weighted by Crippen LogP contribution is -2.57. The van der Waals surface area contributed by atoms with Crippen LogP contribution in [0, 0.1) is 5.41 Å². The number of hydrogen-bond donors (Lipinski definition) is 0. The van der Waals surface area contributed by atoms with Gasteiger partial charge in [-0.25, -0.2) is 0 Å². The number of aliphatic imine (C=N–C) groups is 1. The van der Waals surface area contributed by atoms with E-state index in [2.05, 4.69) is 62.0 Å². The van der Waals surface area contributed by atoms with Gasteiger partial charge in [0.1, 0.15) is 12.4 Å². The van der Waals surface area contributed by atoms with Crippen molar-refractivity contribution in [2.24, 2.45) is 10.4 Å². The average Bonchev–Trinajstić information content (AvgIpc) is 2.70. The minimum Gasteiger partial charge on any atom is -0.489 e. The fourth-order valence-corrected chi connectivity index (χ4v) is 4.30. The molecule has 0 aromatic heterocycles. The van der Waals surface area contributed by atoms with Crippen LogP contribution in [0.5, 0.6) is 5.75 Å². The molecule has 1 aromatic rings. The number of rotatable bonds is 0. The van der Waals surface area contributed by atoms with Crippen LogP contribution in [0.3, 0.4) is 0 Å². The molecule has 3 heterocycles. The van der Waals surface area contributed by atoms with Crippen LogP contribution in [0.4, 0.5) is 5.69 Å². The Morgan fingerprint density at radius 1 is 1.33 bits per heavy atom. The third-order valence-electron chi connectivity index (χ3n) is 5.49. The highest BCUT2D eigenvalue weighted by Crippen LogP contribution is 2.55. The van der Waals surface area contributed by atoms with Crippen LogP contribution >= 0.6 is 0 Å². The molecule has 0 saturated carbocycles. The Bertz CT molecular complexity index is 616. The van der Waals surface area contributed by atoms with Crippen LogP contribution in [0.2, 0.25) is 0 Å². The van der Waals surface area contributed by atoms with Crippen molar-refractivity contribution in [1.82, 2.24) is 0 Å². The van der Waals surface area contributed by atoms with E-state index in [0.717, 1.165) is 25.3 Å². The Morgan fingerprint density at radius 3 is 2.90 bits per heavy atom. The molecule has 112 valence electrons. The van der Waals surface area contributed by atoms with Gasteiger partial charge >= 0.3 is 0 Å². The van der Waals surface area contributed by atoms with E-state index in [-0.39, 0.29) is 10.8 Å². The van der Waals surface area contributed by atoms with Gasteiger partial charge in [0.25, 0.3) is 0 Å². The molecule has 0 amide bonds. The van der Waals surface area contributed by atoms with Crippen LogP contribution < -0.4 is 9.64 Å². The summed E-state index contributed by atoms with van der Waals surface area (Å²) in [6.07, 6.45) is 3.32. The van der Waals surface area contributed by atoms with Crippen LogP contribution in [0.25, 0.3) is 0 Å². The van der Waals surface area contributed by atoms with E-state index in [4.69, 9.17) is 4.74 Å². The zero-order valence-electron chi connectivity index (χ0n) is 13.4. The molecule has 3 atom stereocenters. The molecular weight excluding hydrogens is 260 g/mol. The molecule has 3 nitrogen and oxygen atoms in total. The first-order valence-corrected chi connectivity index (χ1v) is 7.98. The molecule has 0 radical (unpaired) electrons. The molecular formula is C18H24N2O. The molecule has 0 bridgehead atoms. The maximum absolute atomic E-state index is 6.12. The van der Waals surface area contributed by atoms with Crippen molar-refractivity contribution in [2.45, 2.75) is 51.6 Å². The van der Waals surface area contributed by atoms with E-state index >= 15 is 0 Å². The second-order valence-electron chi connectivity index (χ2n) is 7.87. The van der Waals surface area contributed by atoms with Crippen molar-refractivity contribution in [2.75, 3.05) is 18.1 Å². The summed E-state index contributed by atoms with van der Waals surface area (Å²) in [5.41, 5.74) is 2.94. The molecule has 0 fully saturated rings. The molecule has 0 spiro atoms. The SMILES string of the molecule is CC(C)(C)C1COc2cccc3c2N1C1CCN=CC31C. The van der Waals surface area contributed by atoms with Crippen molar-refractivity contribution in [3.63, 3.8) is 0 Å². The van der Waals surface area contributed by atoms with Gasteiger partial charge in [-0.2, -0.15) is 0 Å². The highest BCUT2D eigenvalue weighted by molar-refractivity contribution is 5.87. The lowest BCUT2D eigenvalue weighted by Gasteiger charge is -2.47. The molecule has 3 aliphatic heterocycles. The number of nitrogens with zero attached hydrogens (tertiary/aromatic N) is 2. The smallest absolute Gasteiger partial charge is 0.143 e. The van der Waals surface area contributed by atoms with Crippen LogP contribution in [-0.4, -0.2) is 31.4 Å². The average molecular weight is 284 g/mol. The molecule has 0 aliphatic carbocycles. The first-order valence-electron chi connectivity index (χ1n) is 7.98. The quantitative estimate of drug-likeness (QED) is 0.729. The minimum absolute atomic E-state index is 0.0286. The van der Waals surface area contributed by atoms with E-state index in [1.165, 1.54) is 11.3 Å². The summed E-state index contributed by atoms with van der Waals surface area (Å²) in [6, 6.07) is 7.43. The maximum atomic E-state index is 6.12. The van der Waals surface area contributed by atoms with Gasteiger partial charge < -0.3 is 9.64 Å². The predicted molar refractivity (Wildman–Crippen MR) is 86.8 cm³/mol. The summed E-state index contributed by atoms with van der Waals surface area (Å²) in [5, 5.41) is 0. The highest BCUT2D eigenvalue weighted by Gasteiger charge is 2.54. The number of fused-ring (bicyclic) bond motifs is 3. The summed E-state index contributed by atoms with van der Waals surface area (Å²) in [7, 11) is 0. The summed E-state index contributed by atoms with van der Waals surface area (Å²) in [6.45, 7) is 11.0. The third kappa shape index (κ3) is 1.63. The monoisotopic (exact) mass is 284 g/mol. The summed E-state index contributed by atoms with van der Waals surface area (Å²) < 4.78 is 6.12. The minimum atomic E-state index is 0.0286. The topological polar surface area (TPSA) is 24.8 Å². The third-order valence-corrected chi connectivity index (χ3v) is 5.49. The first kappa shape index (κ1) is 13.2. The standard InChI is InChI=1S/C18H24N2O/c1-17(2,3)15-10-21-13-7-5-6-12-16(13)20(15)14-8-9-19-11-18(12,14)4/h5-7,11,14-15H,8-10H2,1-4H3. The van der Waals surface area contributed by atoms with Gasteiger partial charge in [0.15, 0.2) is 0 Å². The molecule has 0 N–H and O–H groups in total. The Labute approximate surface area is 127 Å². The lowest BCUT2D eigenvalue weighted by molar-refractivity contribution is 0.169. The second kappa shape index (κ2) is 4.02. The van der Waals surface area contributed by atoms with Crippen LogP contribution in [0.15, 0.2) is 23.2 Å². The van der Waals surface area contributed by atoms with Gasteiger partial charge in [-0.15, -0.1) is 0 Å². The molecule has 1 aromatic carbocycles. The van der Waals surface area contributed by atoms with Crippen LogP contribution in [0.1, 0.15) is 39.7 Å².